The largest absolute Gasteiger partial charge is 0.446 e. The summed E-state index contributed by atoms with van der Waals surface area (Å²) < 4.78 is 32.3. The standard InChI is InChI=1S/C11H21N3O4S2/c1-8(2)18-11(15)13-20(16,17)14(7-10(12)19)9-5-3-4-6-9/h8-9H,3-7H2,1-2H3,(H2,12,19)(H,13,15). The highest BCUT2D eigenvalue weighted by atomic mass is 32.2. The highest BCUT2D eigenvalue weighted by Gasteiger charge is 2.34. The first-order valence-electron chi connectivity index (χ1n) is 6.51. The minimum absolute atomic E-state index is 0.0690. The van der Waals surface area contributed by atoms with Crippen LogP contribution in [0.25, 0.3) is 0 Å². The van der Waals surface area contributed by atoms with Gasteiger partial charge in [-0.2, -0.15) is 12.7 Å². The zero-order chi connectivity index (χ0) is 15.3. The van der Waals surface area contributed by atoms with Crippen molar-refractivity contribution in [1.82, 2.24) is 9.03 Å². The van der Waals surface area contributed by atoms with Crippen LogP contribution in [0.4, 0.5) is 4.79 Å². The fourth-order valence-corrected chi connectivity index (χ4v) is 3.67. The predicted octanol–water partition coefficient (Wildman–Crippen LogP) is 0.897. The van der Waals surface area contributed by atoms with Crippen molar-refractivity contribution < 1.29 is 17.9 Å². The molecular weight excluding hydrogens is 302 g/mol. The molecule has 7 nitrogen and oxygen atoms in total. The van der Waals surface area contributed by atoms with Gasteiger partial charge in [-0.25, -0.2) is 9.52 Å². The normalized spacial score (nSPS) is 16.6. The van der Waals surface area contributed by atoms with Gasteiger partial charge in [0.05, 0.1) is 17.6 Å². The van der Waals surface area contributed by atoms with Gasteiger partial charge in [0.25, 0.3) is 0 Å². The van der Waals surface area contributed by atoms with Gasteiger partial charge in [0.15, 0.2) is 0 Å². The predicted molar refractivity (Wildman–Crippen MR) is 79.4 cm³/mol. The van der Waals surface area contributed by atoms with E-state index in [1.807, 2.05) is 4.72 Å². The molecule has 9 heteroatoms. The molecule has 1 aliphatic rings. The molecule has 0 aromatic heterocycles. The van der Waals surface area contributed by atoms with E-state index in [1.165, 1.54) is 0 Å². The summed E-state index contributed by atoms with van der Waals surface area (Å²) in [5.41, 5.74) is 5.45. The number of thiocarbonyl (C=S) groups is 1. The molecule has 0 aromatic carbocycles. The summed E-state index contributed by atoms with van der Waals surface area (Å²) in [4.78, 5) is 11.5. The summed E-state index contributed by atoms with van der Waals surface area (Å²) in [6.45, 7) is 3.19. The molecule has 0 bridgehead atoms. The number of amides is 1. The van der Waals surface area contributed by atoms with Gasteiger partial charge in [0.2, 0.25) is 0 Å². The molecular formula is C11H21N3O4S2. The van der Waals surface area contributed by atoms with Crippen molar-refractivity contribution in [3.8, 4) is 0 Å². The van der Waals surface area contributed by atoms with Gasteiger partial charge < -0.3 is 10.5 Å². The molecule has 1 fully saturated rings. The summed E-state index contributed by atoms with van der Waals surface area (Å²) in [6, 6.07) is -0.180. The van der Waals surface area contributed by atoms with Gasteiger partial charge >= 0.3 is 16.3 Å². The van der Waals surface area contributed by atoms with Crippen LogP contribution in [0, 0.1) is 0 Å². The molecule has 0 unspecified atom stereocenters. The number of carbonyl (C=O) groups is 1. The van der Waals surface area contributed by atoms with Crippen molar-refractivity contribution in [2.24, 2.45) is 5.73 Å². The Labute approximate surface area is 125 Å². The van der Waals surface area contributed by atoms with Crippen LogP contribution in [0.2, 0.25) is 0 Å². The lowest BCUT2D eigenvalue weighted by atomic mass is 10.2. The molecule has 20 heavy (non-hydrogen) atoms. The number of ether oxygens (including phenoxy) is 1. The quantitative estimate of drug-likeness (QED) is 0.704. The maximum atomic E-state index is 12.2. The fraction of sp³-hybridized carbons (Fsp3) is 0.818. The third-order valence-corrected chi connectivity index (χ3v) is 4.51. The van der Waals surface area contributed by atoms with Gasteiger partial charge in [-0.15, -0.1) is 0 Å². The van der Waals surface area contributed by atoms with Gasteiger partial charge in [0.1, 0.15) is 0 Å². The van der Waals surface area contributed by atoms with Gasteiger partial charge in [-0.05, 0) is 26.7 Å². The van der Waals surface area contributed by atoms with Crippen molar-refractivity contribution in [2.45, 2.75) is 51.7 Å². The summed E-state index contributed by atoms with van der Waals surface area (Å²) in [7, 11) is -4.00. The molecule has 0 heterocycles. The summed E-state index contributed by atoms with van der Waals surface area (Å²) in [6.07, 6.45) is 1.98. The van der Waals surface area contributed by atoms with Crippen molar-refractivity contribution in [3.05, 3.63) is 0 Å². The third kappa shape index (κ3) is 5.22. The van der Waals surface area contributed by atoms with E-state index in [9.17, 15) is 13.2 Å². The Morgan fingerprint density at radius 2 is 2.00 bits per heavy atom. The molecule has 1 rings (SSSR count). The van der Waals surface area contributed by atoms with Crippen molar-refractivity contribution in [3.63, 3.8) is 0 Å². The molecule has 0 atom stereocenters. The average Bonchev–Trinajstić information content (AvgIpc) is 2.76. The number of nitrogens with one attached hydrogen (secondary N) is 1. The zero-order valence-electron chi connectivity index (χ0n) is 11.7. The highest BCUT2D eigenvalue weighted by molar-refractivity contribution is 7.87. The van der Waals surface area contributed by atoms with Crippen LogP contribution in [0.3, 0.4) is 0 Å². The maximum Gasteiger partial charge on any atom is 0.422 e. The molecule has 116 valence electrons. The number of rotatable bonds is 6. The maximum absolute atomic E-state index is 12.2. The molecule has 3 N–H and O–H groups in total. The van der Waals surface area contributed by atoms with Crippen molar-refractivity contribution in [2.75, 3.05) is 6.54 Å². The van der Waals surface area contributed by atoms with Crippen LogP contribution in [0.5, 0.6) is 0 Å². The van der Waals surface area contributed by atoms with Crippen LogP contribution in [-0.2, 0) is 14.9 Å². The second kappa shape index (κ2) is 7.19. The Balaban J connectivity index is 2.81. The lowest BCUT2D eigenvalue weighted by Gasteiger charge is -2.27. The van der Waals surface area contributed by atoms with E-state index in [0.29, 0.717) is 0 Å². The van der Waals surface area contributed by atoms with Crippen molar-refractivity contribution >= 4 is 33.5 Å². The van der Waals surface area contributed by atoms with Crippen LogP contribution in [-0.4, -0.2) is 42.5 Å². The minimum Gasteiger partial charge on any atom is -0.446 e. The first-order chi connectivity index (χ1) is 9.22. The number of hydrogen-bond donors (Lipinski definition) is 2. The average molecular weight is 323 g/mol. The van der Waals surface area contributed by atoms with Crippen LogP contribution < -0.4 is 10.5 Å². The van der Waals surface area contributed by atoms with Crippen LogP contribution >= 0.6 is 12.2 Å². The molecule has 1 saturated carbocycles. The Morgan fingerprint density at radius 1 is 1.45 bits per heavy atom. The Bertz CT molecular complexity index is 458. The van der Waals surface area contributed by atoms with E-state index < -0.39 is 22.4 Å². The van der Waals surface area contributed by atoms with Gasteiger partial charge in [0, 0.05) is 6.04 Å². The SMILES string of the molecule is CC(C)OC(=O)NS(=O)(=O)N(CC(N)=S)C1CCCC1. The van der Waals surface area contributed by atoms with Gasteiger partial charge in [-0.3, -0.25) is 0 Å². The van der Waals surface area contributed by atoms with E-state index in [1.54, 1.807) is 13.8 Å². The topological polar surface area (TPSA) is 102 Å². The fourth-order valence-electron chi connectivity index (χ4n) is 2.16. The Kier molecular flexibility index (Phi) is 6.15. The number of carbonyl (C=O) groups excluding carboxylic acids is 1. The second-order valence-electron chi connectivity index (χ2n) is 5.01. The van der Waals surface area contributed by atoms with Crippen molar-refractivity contribution in [1.29, 1.82) is 0 Å². The van der Waals surface area contributed by atoms with E-state index >= 15 is 0 Å². The number of nitrogens with two attached hydrogens (primary N) is 1. The smallest absolute Gasteiger partial charge is 0.422 e. The zero-order valence-corrected chi connectivity index (χ0v) is 13.3. The molecule has 1 aliphatic carbocycles. The summed E-state index contributed by atoms with van der Waals surface area (Å²) >= 11 is 4.79. The molecule has 0 saturated heterocycles. The highest BCUT2D eigenvalue weighted by Crippen LogP contribution is 2.25. The monoisotopic (exact) mass is 323 g/mol. The summed E-state index contributed by atoms with van der Waals surface area (Å²) in [5.74, 6) is 0. The molecule has 0 radical (unpaired) electrons. The molecule has 1 amide bonds. The minimum atomic E-state index is -4.00. The Hall–Kier alpha value is -0.930. The van der Waals surface area contributed by atoms with E-state index in [2.05, 4.69) is 0 Å². The third-order valence-electron chi connectivity index (χ3n) is 2.91. The van der Waals surface area contributed by atoms with E-state index in [0.717, 1.165) is 30.0 Å². The number of hydrogen-bond acceptors (Lipinski definition) is 5. The summed E-state index contributed by atoms with van der Waals surface area (Å²) in [5, 5.41) is 0. The first-order valence-corrected chi connectivity index (χ1v) is 8.35. The molecule has 0 spiro atoms. The number of nitrogens with zero attached hydrogens (tertiary/aromatic N) is 1. The second-order valence-corrected chi connectivity index (χ2v) is 7.16. The van der Waals surface area contributed by atoms with Crippen LogP contribution in [0.15, 0.2) is 0 Å². The van der Waals surface area contributed by atoms with Crippen LogP contribution in [0.1, 0.15) is 39.5 Å². The van der Waals surface area contributed by atoms with E-state index in [-0.39, 0.29) is 17.6 Å². The van der Waals surface area contributed by atoms with E-state index in [4.69, 9.17) is 22.7 Å². The lowest BCUT2D eigenvalue weighted by molar-refractivity contribution is 0.121. The molecule has 0 aromatic rings. The Morgan fingerprint density at radius 3 is 2.45 bits per heavy atom. The van der Waals surface area contributed by atoms with Gasteiger partial charge in [-0.1, -0.05) is 25.1 Å². The lowest BCUT2D eigenvalue weighted by Crippen LogP contribution is -2.50. The molecule has 0 aliphatic heterocycles. The first kappa shape index (κ1) is 17.1.